The Morgan fingerprint density at radius 3 is 1.20 bits per heavy atom. The second-order valence-corrected chi connectivity index (χ2v) is 15.6. The van der Waals surface area contributed by atoms with Gasteiger partial charge in [-0.3, -0.25) is 9.59 Å². The highest BCUT2D eigenvalue weighted by Gasteiger charge is 2.17. The second kappa shape index (κ2) is 49.9. The van der Waals surface area contributed by atoms with Crippen LogP contribution in [-0.4, -0.2) is 37.9 Å². The molecule has 0 saturated carbocycles. The number of carbonyl (C=O) groups excluding carboxylic acids is 2. The third-order valence-electron chi connectivity index (χ3n) is 9.75. The van der Waals surface area contributed by atoms with Crippen molar-refractivity contribution in [3.63, 3.8) is 0 Å². The minimum absolute atomic E-state index is 0.0509. The molecule has 0 bridgehead atoms. The molecule has 0 amide bonds. The van der Waals surface area contributed by atoms with Gasteiger partial charge in [0.25, 0.3) is 0 Å². The van der Waals surface area contributed by atoms with Gasteiger partial charge in [0.2, 0.25) is 0 Å². The van der Waals surface area contributed by atoms with Gasteiger partial charge in [-0.1, -0.05) is 182 Å². The van der Waals surface area contributed by atoms with Crippen LogP contribution in [0.5, 0.6) is 0 Å². The Labute approximate surface area is 370 Å². The van der Waals surface area contributed by atoms with Crippen molar-refractivity contribution in [3.8, 4) is 0 Å². The van der Waals surface area contributed by atoms with Crippen LogP contribution in [0.25, 0.3) is 0 Å². The van der Waals surface area contributed by atoms with Crippen LogP contribution in [0.3, 0.4) is 0 Å². The summed E-state index contributed by atoms with van der Waals surface area (Å²) in [7, 11) is 0. The quantitative estimate of drug-likeness (QED) is 0.0348. The van der Waals surface area contributed by atoms with Crippen molar-refractivity contribution in [1.82, 2.24) is 0 Å². The van der Waals surface area contributed by atoms with Crippen molar-refractivity contribution < 1.29 is 23.8 Å². The van der Waals surface area contributed by atoms with Crippen molar-refractivity contribution in [2.24, 2.45) is 0 Å². The van der Waals surface area contributed by atoms with Crippen LogP contribution in [0.2, 0.25) is 0 Å². The molecule has 0 rings (SSSR count). The molecular weight excluding hydrogens is 741 g/mol. The van der Waals surface area contributed by atoms with Crippen LogP contribution >= 0.6 is 0 Å². The number of unbranched alkanes of at least 4 members (excludes halogenated alkanes) is 14. The highest BCUT2D eigenvalue weighted by atomic mass is 16.6. The topological polar surface area (TPSA) is 61.8 Å². The maximum Gasteiger partial charge on any atom is 0.306 e. The largest absolute Gasteiger partial charge is 0.462 e. The number of allylic oxidation sites excluding steroid dienone is 18. The molecule has 0 aliphatic carbocycles. The van der Waals surface area contributed by atoms with E-state index in [1.54, 1.807) is 0 Å². The highest BCUT2D eigenvalue weighted by Crippen LogP contribution is 2.12. The Bertz CT molecular complexity index is 1210. The predicted octanol–water partition coefficient (Wildman–Crippen LogP) is 16.4. The first-order valence-electron chi connectivity index (χ1n) is 24.4. The first kappa shape index (κ1) is 56.6. The van der Waals surface area contributed by atoms with Crippen molar-refractivity contribution >= 4 is 11.9 Å². The van der Waals surface area contributed by atoms with E-state index in [4.69, 9.17) is 14.2 Å². The maximum absolute atomic E-state index is 12.8. The molecule has 0 aromatic carbocycles. The van der Waals surface area contributed by atoms with Crippen molar-refractivity contribution in [1.29, 1.82) is 0 Å². The average Bonchev–Trinajstić information content (AvgIpc) is 3.25. The summed E-state index contributed by atoms with van der Waals surface area (Å²) in [5, 5.41) is 0. The fourth-order valence-corrected chi connectivity index (χ4v) is 6.20. The lowest BCUT2D eigenvalue weighted by Crippen LogP contribution is -2.30. The zero-order valence-electron chi connectivity index (χ0n) is 38.9. The molecule has 60 heavy (non-hydrogen) atoms. The van der Waals surface area contributed by atoms with Gasteiger partial charge in [0.15, 0.2) is 6.10 Å². The summed E-state index contributed by atoms with van der Waals surface area (Å²) in [5.74, 6) is -0.460. The van der Waals surface area contributed by atoms with Crippen LogP contribution < -0.4 is 0 Å². The molecule has 1 unspecified atom stereocenters. The molecule has 0 aromatic rings. The Morgan fingerprint density at radius 1 is 0.383 bits per heavy atom. The van der Waals surface area contributed by atoms with Crippen LogP contribution in [-0.2, 0) is 23.8 Å². The van der Waals surface area contributed by atoms with Crippen molar-refractivity contribution in [3.05, 3.63) is 109 Å². The molecule has 0 spiro atoms. The predicted molar refractivity (Wildman–Crippen MR) is 260 cm³/mol. The van der Waals surface area contributed by atoms with Crippen LogP contribution in [0.15, 0.2) is 109 Å². The number of carbonyl (C=O) groups is 2. The van der Waals surface area contributed by atoms with Gasteiger partial charge in [-0.2, -0.15) is 0 Å². The first-order valence-corrected chi connectivity index (χ1v) is 24.4. The summed E-state index contributed by atoms with van der Waals surface area (Å²) in [6.45, 7) is 7.42. The maximum atomic E-state index is 12.8. The molecule has 340 valence electrons. The Morgan fingerprint density at radius 2 is 0.750 bits per heavy atom. The van der Waals surface area contributed by atoms with Crippen molar-refractivity contribution in [2.45, 2.75) is 207 Å². The van der Waals surface area contributed by atoms with Crippen LogP contribution in [0.4, 0.5) is 0 Å². The monoisotopic (exact) mass is 831 g/mol. The standard InChI is InChI=1S/C55H90O5/c1-4-7-10-13-16-19-22-25-27-29-32-35-38-41-44-47-50-58-51-53(60-55(57)49-46-43-40-37-34-30-24-21-18-15-12-9-6-3)52-59-54(56)48-45-42-39-36-33-31-28-26-23-20-17-14-11-8-5-2/h7-8,10-12,15-17,19-21,24-28,32,35,53H,4-6,9,13-14,18,22-23,29-31,33-34,36-52H2,1-3H3/b10-7-,11-8-,15-12-,19-16-,20-17-,24-21-,27-25-,28-26-,35-32-. The Hall–Kier alpha value is -3.44. The van der Waals surface area contributed by atoms with E-state index >= 15 is 0 Å². The van der Waals surface area contributed by atoms with E-state index in [1.807, 2.05) is 0 Å². The molecule has 5 nitrogen and oxygen atoms in total. The molecule has 0 N–H and O–H groups in total. The van der Waals surface area contributed by atoms with Crippen LogP contribution in [0.1, 0.15) is 201 Å². The molecule has 5 heteroatoms. The Balaban J connectivity index is 4.40. The van der Waals surface area contributed by atoms with E-state index < -0.39 is 6.10 Å². The summed E-state index contributed by atoms with van der Waals surface area (Å²) in [6, 6.07) is 0. The smallest absolute Gasteiger partial charge is 0.306 e. The number of ether oxygens (including phenoxy) is 3. The lowest BCUT2D eigenvalue weighted by atomic mass is 10.1. The number of hydrogen-bond donors (Lipinski definition) is 0. The van der Waals surface area contributed by atoms with E-state index in [0.29, 0.717) is 19.4 Å². The normalized spacial score (nSPS) is 13.2. The molecular formula is C55H90O5. The zero-order valence-corrected chi connectivity index (χ0v) is 38.9. The molecule has 1 atom stereocenters. The lowest BCUT2D eigenvalue weighted by Gasteiger charge is -2.18. The van der Waals surface area contributed by atoms with Gasteiger partial charge in [0.05, 0.1) is 6.61 Å². The summed E-state index contributed by atoms with van der Waals surface area (Å²) in [4.78, 5) is 25.3. The molecule has 0 aliphatic heterocycles. The van der Waals surface area contributed by atoms with Gasteiger partial charge in [0.1, 0.15) is 6.61 Å². The van der Waals surface area contributed by atoms with Crippen molar-refractivity contribution in [2.75, 3.05) is 19.8 Å². The van der Waals surface area contributed by atoms with Gasteiger partial charge in [-0.25, -0.2) is 0 Å². The molecule has 0 fully saturated rings. The highest BCUT2D eigenvalue weighted by molar-refractivity contribution is 5.70. The SMILES string of the molecule is CC/C=C\C/C=C\C/C=C\C/C=C\CCCCCOCC(COC(=O)CCCCCCC/C=C\C/C=C\C/C=C\CC)OC(=O)CCCCCCC/C=C\C/C=C\CCC. The summed E-state index contributed by atoms with van der Waals surface area (Å²) < 4.78 is 17.3. The van der Waals surface area contributed by atoms with Gasteiger partial charge >= 0.3 is 11.9 Å². The average molecular weight is 831 g/mol. The van der Waals surface area contributed by atoms with E-state index in [9.17, 15) is 9.59 Å². The van der Waals surface area contributed by atoms with E-state index in [2.05, 4.69) is 130 Å². The third-order valence-corrected chi connectivity index (χ3v) is 9.75. The zero-order chi connectivity index (χ0) is 43.5. The van der Waals surface area contributed by atoms with Gasteiger partial charge in [-0.05, 0) is 116 Å². The third kappa shape index (κ3) is 47.2. The summed E-state index contributed by atoms with van der Waals surface area (Å²) in [5.41, 5.74) is 0. The Kier molecular flexibility index (Phi) is 47.1. The molecule has 0 heterocycles. The van der Waals surface area contributed by atoms with Gasteiger partial charge in [-0.15, -0.1) is 0 Å². The molecule has 0 radical (unpaired) electrons. The number of hydrogen-bond acceptors (Lipinski definition) is 5. The number of rotatable bonds is 43. The first-order chi connectivity index (χ1) is 29.6. The molecule has 0 aliphatic rings. The minimum Gasteiger partial charge on any atom is -0.462 e. The second-order valence-electron chi connectivity index (χ2n) is 15.6. The molecule has 0 saturated heterocycles. The number of esters is 2. The van der Waals surface area contributed by atoms with Gasteiger partial charge in [0, 0.05) is 19.4 Å². The summed E-state index contributed by atoms with van der Waals surface area (Å²) >= 11 is 0. The van der Waals surface area contributed by atoms with Crippen LogP contribution in [0, 0.1) is 0 Å². The molecule has 0 aromatic heterocycles. The van der Waals surface area contributed by atoms with E-state index in [-0.39, 0.29) is 25.2 Å². The fraction of sp³-hybridized carbons (Fsp3) is 0.636. The van der Waals surface area contributed by atoms with E-state index in [0.717, 1.165) is 135 Å². The minimum atomic E-state index is -0.573. The van der Waals surface area contributed by atoms with E-state index in [1.165, 1.54) is 32.1 Å². The fourth-order valence-electron chi connectivity index (χ4n) is 6.20. The van der Waals surface area contributed by atoms with Gasteiger partial charge < -0.3 is 14.2 Å². The lowest BCUT2D eigenvalue weighted by molar-refractivity contribution is -0.163. The summed E-state index contributed by atoms with van der Waals surface area (Å²) in [6.07, 6.45) is 68.1.